The zero-order valence-corrected chi connectivity index (χ0v) is 9.91. The number of hydrogen-bond donors (Lipinski definition) is 2. The lowest BCUT2D eigenvalue weighted by Gasteiger charge is -2.22. The summed E-state index contributed by atoms with van der Waals surface area (Å²) < 4.78 is 0. The molecule has 2 aromatic carbocycles. The molecule has 5 nitrogen and oxygen atoms in total. The molecule has 0 saturated carbocycles. The number of carbonyl (C=O) groups is 2. The van der Waals surface area contributed by atoms with Crippen molar-refractivity contribution in [2.24, 2.45) is 0 Å². The second-order valence-corrected chi connectivity index (χ2v) is 3.67. The maximum Gasteiger partial charge on any atom is 0.396 e. The van der Waals surface area contributed by atoms with E-state index in [4.69, 9.17) is 5.11 Å². The minimum Gasteiger partial charge on any atom is -0.474 e. The molecule has 0 aromatic heterocycles. The number of carbonyl (C=O) groups excluding carboxylic acids is 1. The summed E-state index contributed by atoms with van der Waals surface area (Å²) in [6.07, 6.45) is 0. The number of rotatable bonds is 3. The molecular formula is C14H11N2O3. The molecule has 5 heteroatoms. The number of nitrogens with one attached hydrogen (secondary N) is 1. The van der Waals surface area contributed by atoms with Crippen molar-refractivity contribution in [3.8, 4) is 0 Å². The van der Waals surface area contributed by atoms with Gasteiger partial charge < -0.3 is 5.11 Å². The summed E-state index contributed by atoms with van der Waals surface area (Å²) in [5.74, 6) is -2.62. The molecular weight excluding hydrogens is 244 g/mol. The van der Waals surface area contributed by atoms with Crippen LogP contribution in [0.5, 0.6) is 0 Å². The molecule has 0 saturated heterocycles. The van der Waals surface area contributed by atoms with Crippen molar-refractivity contribution in [2.75, 3.05) is 10.4 Å². The molecule has 19 heavy (non-hydrogen) atoms. The Labute approximate surface area is 110 Å². The Hall–Kier alpha value is -2.82. The average molecular weight is 255 g/mol. The summed E-state index contributed by atoms with van der Waals surface area (Å²) in [4.78, 5) is 22.6. The summed E-state index contributed by atoms with van der Waals surface area (Å²) in [6.45, 7) is 0. The zero-order valence-electron chi connectivity index (χ0n) is 9.91. The van der Waals surface area contributed by atoms with E-state index in [1.165, 1.54) is 0 Å². The standard InChI is InChI=1S/C14H11N2O3/c17-13(14(18)19)16(12-9-5-2-6-10-12)15-11-7-3-1-4-8-11/h1-9,15H,(H,18,19). The van der Waals surface area contributed by atoms with Crippen LogP contribution in [0.2, 0.25) is 0 Å². The summed E-state index contributed by atoms with van der Waals surface area (Å²) in [5, 5.41) is 9.79. The van der Waals surface area contributed by atoms with Crippen LogP contribution < -0.4 is 10.4 Å². The quantitative estimate of drug-likeness (QED) is 0.649. The number of anilines is 2. The van der Waals surface area contributed by atoms with E-state index < -0.39 is 11.9 Å². The van der Waals surface area contributed by atoms with E-state index in [2.05, 4.69) is 11.5 Å². The zero-order chi connectivity index (χ0) is 13.7. The van der Waals surface area contributed by atoms with Crippen LogP contribution in [0.4, 0.5) is 11.4 Å². The van der Waals surface area contributed by atoms with Gasteiger partial charge in [0.15, 0.2) is 0 Å². The molecule has 1 radical (unpaired) electrons. The lowest BCUT2D eigenvalue weighted by Crippen LogP contribution is -2.41. The minimum absolute atomic E-state index is 0.332. The molecule has 1 amide bonds. The normalized spacial score (nSPS) is 9.68. The number of carboxylic acids is 1. The van der Waals surface area contributed by atoms with Gasteiger partial charge in [0, 0.05) is 6.07 Å². The van der Waals surface area contributed by atoms with Gasteiger partial charge in [-0.3, -0.25) is 10.2 Å². The van der Waals surface area contributed by atoms with Crippen LogP contribution in [0, 0.1) is 6.07 Å². The monoisotopic (exact) mass is 255 g/mol. The summed E-state index contributed by atoms with van der Waals surface area (Å²) >= 11 is 0. The van der Waals surface area contributed by atoms with Crippen molar-refractivity contribution in [1.29, 1.82) is 0 Å². The molecule has 95 valence electrons. The molecule has 2 aromatic rings. The smallest absolute Gasteiger partial charge is 0.396 e. The highest BCUT2D eigenvalue weighted by molar-refractivity contribution is 6.37. The van der Waals surface area contributed by atoms with Crippen molar-refractivity contribution in [3.05, 3.63) is 60.7 Å². The van der Waals surface area contributed by atoms with E-state index >= 15 is 0 Å². The largest absolute Gasteiger partial charge is 0.474 e. The van der Waals surface area contributed by atoms with Crippen LogP contribution in [-0.4, -0.2) is 17.0 Å². The molecule has 0 aliphatic heterocycles. The summed E-state index contributed by atoms with van der Waals surface area (Å²) in [6, 6.07) is 18.3. The Bertz CT molecular complexity index is 570. The molecule has 0 aliphatic rings. The molecule has 0 bridgehead atoms. The summed E-state index contributed by atoms with van der Waals surface area (Å²) in [5.41, 5.74) is 3.69. The van der Waals surface area contributed by atoms with E-state index in [0.29, 0.717) is 11.4 Å². The highest BCUT2D eigenvalue weighted by Crippen LogP contribution is 2.15. The van der Waals surface area contributed by atoms with E-state index in [9.17, 15) is 9.59 Å². The van der Waals surface area contributed by atoms with Gasteiger partial charge in [-0.25, -0.2) is 9.80 Å². The SMILES string of the molecule is O=C(O)C(=O)N(Nc1ccccc1)c1[c]cccc1. The van der Waals surface area contributed by atoms with Gasteiger partial charge in [-0.2, -0.15) is 0 Å². The first-order valence-electron chi connectivity index (χ1n) is 5.54. The van der Waals surface area contributed by atoms with E-state index in [1.807, 2.05) is 6.07 Å². The molecule has 2 rings (SSSR count). The average Bonchev–Trinajstić information content (AvgIpc) is 2.46. The van der Waals surface area contributed by atoms with Gasteiger partial charge in [0.25, 0.3) is 0 Å². The van der Waals surface area contributed by atoms with Crippen LogP contribution in [0.1, 0.15) is 0 Å². The number of para-hydroxylation sites is 2. The Balaban J connectivity index is 2.30. The molecule has 0 aliphatic carbocycles. The van der Waals surface area contributed by atoms with Crippen molar-refractivity contribution >= 4 is 23.3 Å². The predicted molar refractivity (Wildman–Crippen MR) is 70.5 cm³/mol. The van der Waals surface area contributed by atoms with Gasteiger partial charge in [-0.05, 0) is 18.2 Å². The van der Waals surface area contributed by atoms with Gasteiger partial charge in [-0.1, -0.05) is 36.4 Å². The molecule has 0 unspecified atom stereocenters. The Morgan fingerprint density at radius 2 is 1.74 bits per heavy atom. The van der Waals surface area contributed by atoms with Gasteiger partial charge in [0.2, 0.25) is 0 Å². The van der Waals surface area contributed by atoms with Crippen molar-refractivity contribution in [2.45, 2.75) is 0 Å². The third-order valence-corrected chi connectivity index (χ3v) is 2.33. The first-order chi connectivity index (χ1) is 9.18. The highest BCUT2D eigenvalue weighted by atomic mass is 16.4. The molecule has 2 N–H and O–H groups in total. The highest BCUT2D eigenvalue weighted by Gasteiger charge is 2.22. The van der Waals surface area contributed by atoms with E-state index in [1.54, 1.807) is 48.5 Å². The fourth-order valence-corrected chi connectivity index (χ4v) is 1.48. The van der Waals surface area contributed by atoms with E-state index in [0.717, 1.165) is 5.01 Å². The minimum atomic E-state index is -1.54. The van der Waals surface area contributed by atoms with Crippen molar-refractivity contribution in [3.63, 3.8) is 0 Å². The van der Waals surface area contributed by atoms with Gasteiger partial charge in [0.05, 0.1) is 11.4 Å². The fourth-order valence-electron chi connectivity index (χ4n) is 1.48. The maximum absolute atomic E-state index is 11.7. The van der Waals surface area contributed by atoms with Crippen LogP contribution >= 0.6 is 0 Å². The number of carboxylic acid groups (broad SMARTS) is 1. The Morgan fingerprint density at radius 3 is 2.32 bits per heavy atom. The third kappa shape index (κ3) is 3.10. The number of benzene rings is 2. The van der Waals surface area contributed by atoms with Gasteiger partial charge in [-0.15, -0.1) is 0 Å². The van der Waals surface area contributed by atoms with Crippen molar-refractivity contribution in [1.82, 2.24) is 0 Å². The van der Waals surface area contributed by atoms with E-state index in [-0.39, 0.29) is 0 Å². The van der Waals surface area contributed by atoms with Crippen LogP contribution in [0.25, 0.3) is 0 Å². The topological polar surface area (TPSA) is 69.6 Å². The van der Waals surface area contributed by atoms with Gasteiger partial charge in [0.1, 0.15) is 0 Å². The number of hydrazine groups is 1. The third-order valence-electron chi connectivity index (χ3n) is 2.33. The molecule has 0 spiro atoms. The first-order valence-corrected chi connectivity index (χ1v) is 5.54. The lowest BCUT2D eigenvalue weighted by molar-refractivity contribution is -0.148. The van der Waals surface area contributed by atoms with Crippen LogP contribution in [-0.2, 0) is 9.59 Å². The number of aliphatic carboxylic acids is 1. The number of nitrogens with zero attached hydrogens (tertiary/aromatic N) is 1. The molecule has 0 heterocycles. The van der Waals surface area contributed by atoms with Crippen LogP contribution in [0.15, 0.2) is 54.6 Å². The number of hydrogen-bond acceptors (Lipinski definition) is 3. The molecule has 0 atom stereocenters. The number of amides is 1. The second kappa shape index (κ2) is 5.68. The molecule has 0 fully saturated rings. The first kappa shape index (κ1) is 12.6. The summed E-state index contributed by atoms with van der Waals surface area (Å²) in [7, 11) is 0. The lowest BCUT2D eigenvalue weighted by atomic mass is 10.3. The fraction of sp³-hybridized carbons (Fsp3) is 0. The van der Waals surface area contributed by atoms with Gasteiger partial charge >= 0.3 is 11.9 Å². The predicted octanol–water partition coefficient (Wildman–Crippen LogP) is 1.93. The Kier molecular flexibility index (Phi) is 3.78. The van der Waals surface area contributed by atoms with Crippen molar-refractivity contribution < 1.29 is 14.7 Å². The van der Waals surface area contributed by atoms with Crippen LogP contribution in [0.3, 0.4) is 0 Å². The maximum atomic E-state index is 11.7. The Morgan fingerprint density at radius 1 is 1.05 bits per heavy atom. The second-order valence-electron chi connectivity index (χ2n) is 3.67.